The van der Waals surface area contributed by atoms with E-state index in [0.29, 0.717) is 58.8 Å². The van der Waals surface area contributed by atoms with Gasteiger partial charge in [0, 0.05) is 17.7 Å². The summed E-state index contributed by atoms with van der Waals surface area (Å²) >= 11 is 0. The van der Waals surface area contributed by atoms with E-state index in [1.54, 1.807) is 32.9 Å². The van der Waals surface area contributed by atoms with Gasteiger partial charge in [-0.25, -0.2) is 22.6 Å². The Balaban J connectivity index is 1.17. The molecule has 4 heterocycles. The average molecular weight is 834 g/mol. The third-order valence-corrected chi connectivity index (χ3v) is 13.2. The fraction of sp³-hybridized carbons (Fsp3) is 0.500. The lowest BCUT2D eigenvalue weighted by Gasteiger charge is -2.30. The van der Waals surface area contributed by atoms with E-state index in [1.165, 1.54) is 30.2 Å². The predicted octanol–water partition coefficient (Wildman–Crippen LogP) is 5.53. The Morgan fingerprint density at radius 2 is 1.85 bits per heavy atom. The van der Waals surface area contributed by atoms with Gasteiger partial charge in [0.1, 0.15) is 40.7 Å². The fourth-order valence-electron chi connectivity index (χ4n) is 8.12. The normalized spacial score (nSPS) is 25.9. The van der Waals surface area contributed by atoms with E-state index in [-0.39, 0.29) is 37.1 Å². The number of fused-ring (bicyclic) bond motifs is 6. The minimum atomic E-state index is -3.95. The van der Waals surface area contributed by atoms with E-state index in [4.69, 9.17) is 23.6 Å². The molecule has 15 nitrogen and oxygen atoms in total. The number of ether oxygens (including phenoxy) is 3. The topological polar surface area (TPSA) is 195 Å². The molecule has 3 N–H and O–H groups in total. The number of alkyl carbamates (subject to hydrolysis) is 1. The van der Waals surface area contributed by atoms with E-state index in [9.17, 15) is 32.0 Å². The number of amides is 4. The number of furan rings is 1. The van der Waals surface area contributed by atoms with Crippen LogP contribution < -0.4 is 24.8 Å². The molecule has 0 unspecified atom stereocenters. The van der Waals surface area contributed by atoms with Gasteiger partial charge in [0.15, 0.2) is 22.7 Å². The van der Waals surface area contributed by atoms with E-state index in [1.807, 2.05) is 18.2 Å². The smallest absolute Gasteiger partial charge is 0.408 e. The van der Waals surface area contributed by atoms with Crippen LogP contribution in [-0.2, 0) is 29.1 Å². The van der Waals surface area contributed by atoms with Gasteiger partial charge in [0.2, 0.25) is 21.8 Å². The van der Waals surface area contributed by atoms with Crippen LogP contribution in [0.15, 0.2) is 53.0 Å². The number of aromatic nitrogens is 1. The zero-order valence-corrected chi connectivity index (χ0v) is 34.2. The molecule has 1 saturated heterocycles. The predicted molar refractivity (Wildman–Crippen MR) is 215 cm³/mol. The number of benzene rings is 2. The maximum atomic E-state index is 14.9. The Morgan fingerprint density at radius 3 is 2.59 bits per heavy atom. The van der Waals surface area contributed by atoms with Crippen LogP contribution in [-0.4, -0.2) is 90.3 Å². The number of pyridine rings is 1. The number of methoxy groups -OCH3 is 1. The van der Waals surface area contributed by atoms with Gasteiger partial charge >= 0.3 is 6.09 Å². The number of nitrogens with one attached hydrogen (secondary N) is 3. The fourth-order valence-corrected chi connectivity index (χ4v) is 9.48. The Hall–Kier alpha value is -5.45. The van der Waals surface area contributed by atoms with Gasteiger partial charge in [-0.1, -0.05) is 31.1 Å². The quantitative estimate of drug-likeness (QED) is 0.198. The first-order chi connectivity index (χ1) is 28.1. The summed E-state index contributed by atoms with van der Waals surface area (Å²) in [6.45, 7) is 4.97. The molecule has 3 fully saturated rings. The van der Waals surface area contributed by atoms with Crippen LogP contribution >= 0.6 is 0 Å². The van der Waals surface area contributed by atoms with Crippen LogP contribution in [0.2, 0.25) is 0 Å². The van der Waals surface area contributed by atoms with Crippen molar-refractivity contribution in [2.45, 2.75) is 113 Å². The maximum Gasteiger partial charge on any atom is 0.408 e. The molecule has 4 aromatic rings. The molecular weight excluding hydrogens is 786 g/mol. The van der Waals surface area contributed by atoms with Crippen molar-refractivity contribution in [2.24, 2.45) is 5.92 Å². The lowest BCUT2D eigenvalue weighted by molar-refractivity contribution is -0.141. The number of carbonyl (C=O) groups is 4. The number of hydrogen-bond acceptors (Lipinski definition) is 11. The second-order valence-electron chi connectivity index (χ2n) is 16.9. The molecule has 2 aliphatic heterocycles. The summed E-state index contributed by atoms with van der Waals surface area (Å²) in [6, 6.07) is 7.09. The number of carbonyl (C=O) groups excluding carboxylic acids is 4. The zero-order valence-electron chi connectivity index (χ0n) is 33.3. The van der Waals surface area contributed by atoms with E-state index < -0.39 is 80.2 Å². The monoisotopic (exact) mass is 833 g/mol. The molecule has 4 aliphatic rings. The highest BCUT2D eigenvalue weighted by atomic mass is 32.2. The molecule has 2 aliphatic carbocycles. The molecule has 5 atom stereocenters. The van der Waals surface area contributed by atoms with Gasteiger partial charge in [0.05, 0.1) is 29.8 Å². The molecule has 2 aromatic carbocycles. The molecule has 59 heavy (non-hydrogen) atoms. The second kappa shape index (κ2) is 15.3. The summed E-state index contributed by atoms with van der Waals surface area (Å²) < 4.78 is 67.0. The van der Waals surface area contributed by atoms with Crippen LogP contribution in [0.25, 0.3) is 33.0 Å². The summed E-state index contributed by atoms with van der Waals surface area (Å²) in [5, 5.41) is 5.84. The van der Waals surface area contributed by atoms with Gasteiger partial charge in [-0.15, -0.1) is 0 Å². The van der Waals surface area contributed by atoms with Crippen molar-refractivity contribution in [3.8, 4) is 11.5 Å². The number of halogens is 1. The van der Waals surface area contributed by atoms with E-state index in [0.717, 1.165) is 12.8 Å². The van der Waals surface area contributed by atoms with Crippen molar-refractivity contribution in [1.82, 2.24) is 25.2 Å². The van der Waals surface area contributed by atoms with Crippen molar-refractivity contribution < 1.29 is 50.6 Å². The Kier molecular flexibility index (Phi) is 10.5. The Labute approximate surface area is 340 Å². The summed E-state index contributed by atoms with van der Waals surface area (Å²) in [6.07, 6.45) is 5.98. The highest BCUT2D eigenvalue weighted by Gasteiger charge is 2.62. The number of para-hydroxylation sites is 1. The van der Waals surface area contributed by atoms with Crippen molar-refractivity contribution in [2.75, 3.05) is 13.7 Å². The zero-order chi connectivity index (χ0) is 41.9. The van der Waals surface area contributed by atoms with Gasteiger partial charge in [-0.05, 0) is 89.6 Å². The maximum absolute atomic E-state index is 14.9. The molecule has 314 valence electrons. The van der Waals surface area contributed by atoms with Crippen molar-refractivity contribution >= 4 is 66.8 Å². The first-order valence-corrected chi connectivity index (χ1v) is 21.6. The Morgan fingerprint density at radius 1 is 1.05 bits per heavy atom. The van der Waals surface area contributed by atoms with E-state index >= 15 is 0 Å². The van der Waals surface area contributed by atoms with Crippen molar-refractivity contribution in [1.29, 1.82) is 0 Å². The van der Waals surface area contributed by atoms with Crippen LogP contribution in [0.5, 0.6) is 11.5 Å². The molecule has 8 rings (SSSR count). The summed E-state index contributed by atoms with van der Waals surface area (Å²) in [7, 11) is -2.44. The largest absolute Gasteiger partial charge is 0.493 e. The second-order valence-corrected chi connectivity index (χ2v) is 18.9. The lowest BCUT2D eigenvalue weighted by atomic mass is 10.0. The first-order valence-electron chi connectivity index (χ1n) is 20.1. The number of rotatable bonds is 7. The molecule has 17 heteroatoms. The number of allylic oxidation sites excluding steroid dienone is 1. The van der Waals surface area contributed by atoms with Crippen LogP contribution in [0.4, 0.5) is 9.18 Å². The molecule has 4 amide bonds. The highest BCUT2D eigenvalue weighted by molar-refractivity contribution is 7.91. The van der Waals surface area contributed by atoms with Gasteiger partial charge < -0.3 is 34.2 Å². The first kappa shape index (κ1) is 40.3. The number of sulfonamides is 1. The SMILES string of the molecule is COc1cccc2c1oc1c(O[C@@H]3C[C@H]4C(=O)N[C@]5(C(=O)NS(=O)(=O)C6CC6)C[C@@H]5/C=C\CCCCC[C@H](NC(=O)OC(C)(C)C)C(=O)N4C3)c3cc(F)ccc3nc12. The van der Waals surface area contributed by atoms with Gasteiger partial charge in [0.25, 0.3) is 5.91 Å². The minimum Gasteiger partial charge on any atom is -0.493 e. The summed E-state index contributed by atoms with van der Waals surface area (Å²) in [5.41, 5.74) is -0.996. The standard InChI is InChI=1S/C42H48FN5O10S/c1-41(2,3)58-40(52)45-30-13-9-7-5-6-8-11-23-21-42(23,39(51)47-59(53,54)26-16-17-26)46-37(49)31-20-25(22-48(31)38(30)50)56-35-28-19-24(43)15-18-29(28)44-33-27-12-10-14-32(55-4)34(27)57-36(33)35/h8,10-12,14-15,18-19,23,25-26,30-31H,5-7,9,13,16-17,20-22H2,1-4H3,(H,45,52)(H,46,49)(H,47,51)/b11-8-/t23-,25+,30-,31-,42+/m0/s1. The molecule has 0 radical (unpaired) electrons. The minimum absolute atomic E-state index is 0.0838. The molecule has 2 saturated carbocycles. The third kappa shape index (κ3) is 8.13. The average Bonchev–Trinajstić information content (AvgIpc) is 4.07. The number of nitrogens with zero attached hydrogens (tertiary/aromatic N) is 2. The Bertz CT molecular complexity index is 2500. The summed E-state index contributed by atoms with van der Waals surface area (Å²) in [4.78, 5) is 62.3. The number of hydrogen-bond donors (Lipinski definition) is 3. The van der Waals surface area contributed by atoms with Gasteiger partial charge in [-0.3, -0.25) is 19.1 Å². The van der Waals surface area contributed by atoms with Crippen LogP contribution in [0, 0.1) is 11.7 Å². The molecular formula is C42H48FN5O10S. The van der Waals surface area contributed by atoms with Gasteiger partial charge in [-0.2, -0.15) is 0 Å². The molecule has 0 spiro atoms. The third-order valence-electron chi connectivity index (χ3n) is 11.3. The summed E-state index contributed by atoms with van der Waals surface area (Å²) in [5.74, 6) is -2.56. The van der Waals surface area contributed by atoms with Crippen LogP contribution in [0.1, 0.15) is 78.6 Å². The van der Waals surface area contributed by atoms with Crippen molar-refractivity contribution in [3.63, 3.8) is 0 Å². The molecule has 0 bridgehead atoms. The van der Waals surface area contributed by atoms with Crippen LogP contribution in [0.3, 0.4) is 0 Å². The highest BCUT2D eigenvalue weighted by Crippen LogP contribution is 2.47. The van der Waals surface area contributed by atoms with E-state index in [2.05, 4.69) is 15.4 Å². The lowest BCUT2D eigenvalue weighted by Crippen LogP contribution is -2.58. The molecule has 2 aromatic heterocycles. The van der Waals surface area contributed by atoms with Crippen molar-refractivity contribution in [3.05, 3.63) is 54.4 Å².